The summed E-state index contributed by atoms with van der Waals surface area (Å²) in [6.07, 6.45) is 2.50. The zero-order valence-corrected chi connectivity index (χ0v) is 16.7. The number of hydrogen-bond acceptors (Lipinski definition) is 5. The van der Waals surface area contributed by atoms with Crippen LogP contribution in [0.4, 0.5) is 0 Å². The smallest absolute Gasteiger partial charge is 0.336 e. The van der Waals surface area contributed by atoms with Crippen LogP contribution in [0.2, 0.25) is 0 Å². The first kappa shape index (κ1) is 20.4. The lowest BCUT2D eigenvalue weighted by molar-refractivity contribution is -0.143. The molecule has 0 unspecified atom stereocenters. The molecular weight excluding hydrogens is 368 g/mol. The van der Waals surface area contributed by atoms with E-state index in [0.717, 1.165) is 27.6 Å². The standard InChI is InChI=1S/C24H24O5/c1-4-17-6-8-18(9-7-17)15-28-21-14-22-20(16(3)12-24(26)29-22)13-19(21)10-11-23(25)27-5-2/h4,6-9,12-14H,1,5,10-11,15H2,2-3H3. The fourth-order valence-electron chi connectivity index (χ4n) is 3.10. The number of ether oxygens (including phenoxy) is 2. The van der Waals surface area contributed by atoms with E-state index < -0.39 is 5.63 Å². The summed E-state index contributed by atoms with van der Waals surface area (Å²) in [4.78, 5) is 23.6. The number of rotatable bonds is 8. The van der Waals surface area contributed by atoms with Gasteiger partial charge >= 0.3 is 11.6 Å². The van der Waals surface area contributed by atoms with E-state index in [0.29, 0.717) is 31.0 Å². The Kier molecular flexibility index (Phi) is 6.50. The van der Waals surface area contributed by atoms with Gasteiger partial charge in [0.2, 0.25) is 0 Å². The predicted molar refractivity (Wildman–Crippen MR) is 113 cm³/mol. The van der Waals surface area contributed by atoms with E-state index in [1.807, 2.05) is 37.3 Å². The Morgan fingerprint density at radius 2 is 1.93 bits per heavy atom. The second-order valence-corrected chi connectivity index (χ2v) is 6.74. The highest BCUT2D eigenvalue weighted by molar-refractivity contribution is 5.83. The van der Waals surface area contributed by atoms with E-state index in [1.54, 1.807) is 19.1 Å². The lowest BCUT2D eigenvalue weighted by Crippen LogP contribution is -2.07. The van der Waals surface area contributed by atoms with Crippen molar-refractivity contribution in [2.75, 3.05) is 6.61 Å². The lowest BCUT2D eigenvalue weighted by Gasteiger charge is -2.14. The molecule has 3 rings (SSSR count). The van der Waals surface area contributed by atoms with Crippen LogP contribution in [0.3, 0.4) is 0 Å². The molecule has 0 amide bonds. The zero-order chi connectivity index (χ0) is 20.8. The average molecular weight is 392 g/mol. The minimum Gasteiger partial charge on any atom is -0.488 e. The van der Waals surface area contributed by atoms with Crippen molar-refractivity contribution < 1.29 is 18.7 Å². The predicted octanol–water partition coefficient (Wildman–Crippen LogP) is 4.82. The van der Waals surface area contributed by atoms with Crippen LogP contribution >= 0.6 is 0 Å². The van der Waals surface area contributed by atoms with E-state index in [4.69, 9.17) is 13.9 Å². The molecule has 2 aromatic carbocycles. The monoisotopic (exact) mass is 392 g/mol. The molecule has 0 fully saturated rings. The van der Waals surface area contributed by atoms with Crippen molar-refractivity contribution in [1.82, 2.24) is 0 Å². The van der Waals surface area contributed by atoms with Crippen LogP contribution in [0, 0.1) is 6.92 Å². The van der Waals surface area contributed by atoms with Crippen LogP contribution in [0.5, 0.6) is 5.75 Å². The van der Waals surface area contributed by atoms with Crippen molar-refractivity contribution in [1.29, 1.82) is 0 Å². The highest BCUT2D eigenvalue weighted by atomic mass is 16.5. The van der Waals surface area contributed by atoms with Crippen LogP contribution in [0.1, 0.15) is 35.6 Å². The Balaban J connectivity index is 1.90. The Labute approximate surface area is 169 Å². The van der Waals surface area contributed by atoms with E-state index in [9.17, 15) is 9.59 Å². The first-order valence-electron chi connectivity index (χ1n) is 9.57. The number of carbonyl (C=O) groups is 1. The van der Waals surface area contributed by atoms with Crippen LogP contribution in [0.25, 0.3) is 17.0 Å². The van der Waals surface area contributed by atoms with Gasteiger partial charge in [0.15, 0.2) is 0 Å². The van der Waals surface area contributed by atoms with Gasteiger partial charge in [-0.2, -0.15) is 0 Å². The van der Waals surface area contributed by atoms with E-state index >= 15 is 0 Å². The Morgan fingerprint density at radius 3 is 2.62 bits per heavy atom. The minimum atomic E-state index is -0.403. The molecule has 3 aromatic rings. The van der Waals surface area contributed by atoms with Gasteiger partial charge in [-0.1, -0.05) is 36.9 Å². The van der Waals surface area contributed by atoms with Crippen LogP contribution in [-0.2, 0) is 22.6 Å². The van der Waals surface area contributed by atoms with E-state index in [-0.39, 0.29) is 12.4 Å². The van der Waals surface area contributed by atoms with Crippen LogP contribution in [0.15, 0.2) is 58.3 Å². The largest absolute Gasteiger partial charge is 0.488 e. The molecule has 0 spiro atoms. The van der Waals surface area contributed by atoms with Crippen molar-refractivity contribution in [2.45, 2.75) is 33.3 Å². The number of hydrogen-bond donors (Lipinski definition) is 0. The van der Waals surface area contributed by atoms with Gasteiger partial charge in [0.05, 0.1) is 6.61 Å². The second-order valence-electron chi connectivity index (χ2n) is 6.74. The number of carbonyl (C=O) groups excluding carboxylic acids is 1. The summed E-state index contributed by atoms with van der Waals surface area (Å²) in [7, 11) is 0. The Bertz CT molecular complexity index is 1080. The minimum absolute atomic E-state index is 0.250. The van der Waals surface area contributed by atoms with Crippen molar-refractivity contribution in [3.8, 4) is 5.75 Å². The topological polar surface area (TPSA) is 65.7 Å². The number of benzene rings is 2. The van der Waals surface area contributed by atoms with Gasteiger partial charge in [0.25, 0.3) is 0 Å². The molecule has 150 valence electrons. The molecule has 0 aliphatic rings. The third kappa shape index (κ3) is 5.13. The van der Waals surface area contributed by atoms with Gasteiger partial charge in [0, 0.05) is 23.9 Å². The van der Waals surface area contributed by atoms with Gasteiger partial charge in [-0.15, -0.1) is 0 Å². The average Bonchev–Trinajstić information content (AvgIpc) is 2.71. The Morgan fingerprint density at radius 1 is 1.17 bits per heavy atom. The van der Waals surface area contributed by atoms with Gasteiger partial charge in [-0.25, -0.2) is 4.79 Å². The maximum Gasteiger partial charge on any atom is 0.336 e. The third-order valence-corrected chi connectivity index (χ3v) is 4.65. The number of esters is 1. The molecular formula is C24H24O5. The maximum absolute atomic E-state index is 11.8. The van der Waals surface area contributed by atoms with Crippen LogP contribution < -0.4 is 10.4 Å². The second kappa shape index (κ2) is 9.24. The lowest BCUT2D eigenvalue weighted by atomic mass is 10.0. The normalized spacial score (nSPS) is 10.7. The molecule has 0 radical (unpaired) electrons. The molecule has 0 bridgehead atoms. The summed E-state index contributed by atoms with van der Waals surface area (Å²) >= 11 is 0. The van der Waals surface area contributed by atoms with Gasteiger partial charge in [-0.05, 0) is 48.6 Å². The molecule has 0 saturated carbocycles. The summed E-state index contributed by atoms with van der Waals surface area (Å²) in [6, 6.07) is 13.0. The molecule has 0 aliphatic carbocycles. The molecule has 1 aromatic heterocycles. The molecule has 0 atom stereocenters. The molecule has 29 heavy (non-hydrogen) atoms. The van der Waals surface area contributed by atoms with Crippen molar-refractivity contribution in [2.24, 2.45) is 0 Å². The fraction of sp³-hybridized carbons (Fsp3) is 0.250. The van der Waals surface area contributed by atoms with E-state index in [1.165, 1.54) is 6.07 Å². The summed E-state index contributed by atoms with van der Waals surface area (Å²) in [5, 5.41) is 0.825. The highest BCUT2D eigenvalue weighted by Crippen LogP contribution is 2.29. The first-order valence-corrected chi connectivity index (χ1v) is 9.57. The fourth-order valence-corrected chi connectivity index (χ4v) is 3.10. The summed E-state index contributed by atoms with van der Waals surface area (Å²) in [6.45, 7) is 8.10. The van der Waals surface area contributed by atoms with Gasteiger partial charge < -0.3 is 13.9 Å². The number of fused-ring (bicyclic) bond motifs is 1. The maximum atomic E-state index is 11.8. The first-order chi connectivity index (χ1) is 14.0. The van der Waals surface area contributed by atoms with Crippen molar-refractivity contribution >= 4 is 23.0 Å². The summed E-state index contributed by atoms with van der Waals surface area (Å²) in [5.74, 6) is 0.332. The summed E-state index contributed by atoms with van der Waals surface area (Å²) < 4.78 is 16.4. The highest BCUT2D eigenvalue weighted by Gasteiger charge is 2.13. The third-order valence-electron chi connectivity index (χ3n) is 4.65. The number of aryl methyl sites for hydroxylation is 2. The molecule has 1 heterocycles. The van der Waals surface area contributed by atoms with E-state index in [2.05, 4.69) is 6.58 Å². The zero-order valence-electron chi connectivity index (χ0n) is 16.7. The SMILES string of the molecule is C=Cc1ccc(COc2cc3oc(=O)cc(C)c3cc2CCC(=O)OCC)cc1. The molecule has 0 aliphatic heterocycles. The van der Waals surface area contributed by atoms with Crippen LogP contribution in [-0.4, -0.2) is 12.6 Å². The summed E-state index contributed by atoms with van der Waals surface area (Å²) in [5.41, 5.74) is 3.78. The quantitative estimate of drug-likeness (QED) is 0.406. The molecule has 0 N–H and O–H groups in total. The molecule has 5 nitrogen and oxygen atoms in total. The molecule has 5 heteroatoms. The Hall–Kier alpha value is -3.34. The van der Waals surface area contributed by atoms with Crippen molar-refractivity contribution in [3.05, 3.63) is 81.7 Å². The van der Waals surface area contributed by atoms with Crippen molar-refractivity contribution in [3.63, 3.8) is 0 Å². The van der Waals surface area contributed by atoms with Gasteiger partial charge in [-0.3, -0.25) is 4.79 Å². The molecule has 0 saturated heterocycles. The van der Waals surface area contributed by atoms with Gasteiger partial charge in [0.1, 0.15) is 17.9 Å².